The number of urea groups is 1. The molecule has 0 spiro atoms. The van der Waals surface area contributed by atoms with Gasteiger partial charge in [-0.15, -0.1) is 0 Å². The molecule has 6 heteroatoms. The summed E-state index contributed by atoms with van der Waals surface area (Å²) < 4.78 is 0.760. The number of amides is 3. The summed E-state index contributed by atoms with van der Waals surface area (Å²) >= 11 is 3.26. The molecule has 2 aliphatic rings. The third-order valence-corrected chi connectivity index (χ3v) is 3.18. The largest absolute Gasteiger partial charge is 0.327 e. The molecule has 14 heavy (non-hydrogen) atoms. The van der Waals surface area contributed by atoms with E-state index in [1.165, 1.54) is 11.9 Å². The predicted molar refractivity (Wildman–Crippen MR) is 54.2 cm³/mol. The number of nitrogens with zero attached hydrogens (tertiary/aromatic N) is 3. The van der Waals surface area contributed by atoms with E-state index in [2.05, 4.69) is 20.9 Å². The molecule has 0 radical (unpaired) electrons. The van der Waals surface area contributed by atoms with Crippen LogP contribution < -0.4 is 0 Å². The van der Waals surface area contributed by atoms with Gasteiger partial charge in [0, 0.05) is 20.5 Å². The van der Waals surface area contributed by atoms with Gasteiger partial charge in [0.05, 0.1) is 10.5 Å². The third-order valence-electron chi connectivity index (χ3n) is 2.65. The van der Waals surface area contributed by atoms with Gasteiger partial charge in [-0.1, -0.05) is 0 Å². The molecule has 0 aromatic rings. The van der Waals surface area contributed by atoms with E-state index in [4.69, 9.17) is 0 Å². The molecule has 0 aromatic heterocycles. The van der Waals surface area contributed by atoms with Crippen molar-refractivity contribution in [3.63, 3.8) is 0 Å². The van der Waals surface area contributed by atoms with Crippen molar-refractivity contribution in [3.05, 3.63) is 0 Å². The maximum absolute atomic E-state index is 11.7. The second kappa shape index (κ2) is 3.05. The maximum atomic E-state index is 11.7. The predicted octanol–water partition coefficient (Wildman–Crippen LogP) is 0.650. The van der Waals surface area contributed by atoms with Gasteiger partial charge in [0.2, 0.25) is 5.91 Å². The Kier molecular flexibility index (Phi) is 2.10. The summed E-state index contributed by atoms with van der Waals surface area (Å²) in [6, 6.07) is -0.290. The molecule has 2 heterocycles. The summed E-state index contributed by atoms with van der Waals surface area (Å²) in [5.41, 5.74) is 0. The van der Waals surface area contributed by atoms with E-state index in [-0.39, 0.29) is 24.0 Å². The van der Waals surface area contributed by atoms with Gasteiger partial charge in [0.25, 0.3) is 0 Å². The van der Waals surface area contributed by atoms with Gasteiger partial charge in [0.1, 0.15) is 6.17 Å². The number of hydrogen-bond acceptors (Lipinski definition) is 3. The average Bonchev–Trinajstić information content (AvgIpc) is 2.54. The molecule has 0 aromatic carbocycles. The van der Waals surface area contributed by atoms with Crippen LogP contribution in [0.2, 0.25) is 0 Å². The number of halogens is 1. The Hall–Kier alpha value is -0.910. The first kappa shape index (κ1) is 9.64. The lowest BCUT2D eigenvalue weighted by Gasteiger charge is -2.36. The van der Waals surface area contributed by atoms with E-state index in [1.54, 1.807) is 7.05 Å². The first-order valence-electron chi connectivity index (χ1n) is 4.29. The van der Waals surface area contributed by atoms with Crippen LogP contribution in [0.25, 0.3) is 0 Å². The number of imide groups is 1. The van der Waals surface area contributed by atoms with Gasteiger partial charge in [-0.25, -0.2) is 4.79 Å². The third kappa shape index (κ3) is 1.17. The van der Waals surface area contributed by atoms with Gasteiger partial charge in [0.15, 0.2) is 0 Å². The SMILES string of the molecule is CN1C(=O)C2CC(Br)=NC2N(C)C1=O. The summed E-state index contributed by atoms with van der Waals surface area (Å²) in [6.45, 7) is 0. The van der Waals surface area contributed by atoms with Crippen molar-refractivity contribution < 1.29 is 9.59 Å². The second-order valence-corrected chi connectivity index (χ2v) is 4.44. The Labute approximate surface area is 89.9 Å². The minimum atomic E-state index is -0.319. The number of rotatable bonds is 0. The number of aliphatic imine (C=N–C) groups is 1. The zero-order valence-electron chi connectivity index (χ0n) is 7.90. The zero-order chi connectivity index (χ0) is 10.5. The van der Waals surface area contributed by atoms with E-state index in [0.29, 0.717) is 6.42 Å². The standard InChI is InChI=1S/C8H10BrN3O2/c1-11-6-4(3-5(9)10-6)7(13)12(2)8(11)14/h4,6H,3H2,1-2H3. The highest BCUT2D eigenvalue weighted by molar-refractivity contribution is 9.18. The molecule has 3 amide bonds. The summed E-state index contributed by atoms with van der Waals surface area (Å²) in [4.78, 5) is 30.1. The molecule has 2 atom stereocenters. The molecule has 76 valence electrons. The van der Waals surface area contributed by atoms with Crippen molar-refractivity contribution in [2.24, 2.45) is 10.9 Å². The average molecular weight is 260 g/mol. The van der Waals surface area contributed by atoms with Crippen molar-refractivity contribution in [3.8, 4) is 0 Å². The van der Waals surface area contributed by atoms with Crippen LogP contribution in [0, 0.1) is 5.92 Å². The molecule has 0 N–H and O–H groups in total. The van der Waals surface area contributed by atoms with E-state index in [0.717, 1.165) is 9.52 Å². The number of carbonyl (C=O) groups is 2. The Balaban J connectivity index is 2.34. The Morgan fingerprint density at radius 2 is 2.07 bits per heavy atom. The van der Waals surface area contributed by atoms with Crippen LogP contribution in [-0.4, -0.2) is 46.6 Å². The topological polar surface area (TPSA) is 53.0 Å². The van der Waals surface area contributed by atoms with Gasteiger partial charge in [-0.3, -0.25) is 14.7 Å². The first-order chi connectivity index (χ1) is 6.52. The summed E-state index contributed by atoms with van der Waals surface area (Å²) in [6.07, 6.45) is 0.270. The molecule has 2 rings (SSSR count). The fraction of sp³-hybridized carbons (Fsp3) is 0.625. The van der Waals surface area contributed by atoms with Crippen molar-refractivity contribution in [2.45, 2.75) is 12.6 Å². The molecule has 0 saturated carbocycles. The van der Waals surface area contributed by atoms with Crippen molar-refractivity contribution in [1.29, 1.82) is 0 Å². The highest BCUT2D eigenvalue weighted by atomic mass is 79.9. The summed E-state index contributed by atoms with van der Waals surface area (Å²) in [7, 11) is 3.17. The van der Waals surface area contributed by atoms with Gasteiger partial charge in [-0.05, 0) is 15.9 Å². The van der Waals surface area contributed by atoms with E-state index in [9.17, 15) is 9.59 Å². The Morgan fingerprint density at radius 1 is 1.43 bits per heavy atom. The van der Waals surface area contributed by atoms with E-state index >= 15 is 0 Å². The van der Waals surface area contributed by atoms with Gasteiger partial charge < -0.3 is 4.90 Å². The highest BCUT2D eigenvalue weighted by Gasteiger charge is 2.46. The summed E-state index contributed by atoms with van der Waals surface area (Å²) in [5, 5.41) is 0. The first-order valence-corrected chi connectivity index (χ1v) is 5.08. The molecular formula is C8H10BrN3O2. The van der Waals surface area contributed by atoms with Crippen molar-refractivity contribution in [2.75, 3.05) is 14.1 Å². The summed E-state index contributed by atoms with van der Waals surface area (Å²) in [5.74, 6) is -0.353. The minimum Gasteiger partial charge on any atom is -0.304 e. The van der Waals surface area contributed by atoms with Gasteiger partial charge >= 0.3 is 6.03 Å². The lowest BCUT2D eigenvalue weighted by molar-refractivity contribution is -0.136. The number of fused-ring (bicyclic) bond motifs is 1. The molecule has 1 saturated heterocycles. The van der Waals surface area contributed by atoms with Crippen LogP contribution in [0.5, 0.6) is 0 Å². The van der Waals surface area contributed by atoms with Crippen LogP contribution in [0.15, 0.2) is 4.99 Å². The second-order valence-electron chi connectivity index (χ2n) is 3.52. The van der Waals surface area contributed by atoms with Gasteiger partial charge in [-0.2, -0.15) is 0 Å². The van der Waals surface area contributed by atoms with Crippen LogP contribution in [0.3, 0.4) is 0 Å². The van der Waals surface area contributed by atoms with E-state index in [1.807, 2.05) is 0 Å². The van der Waals surface area contributed by atoms with Crippen molar-refractivity contribution in [1.82, 2.24) is 9.80 Å². The quantitative estimate of drug-likeness (QED) is 0.642. The maximum Gasteiger partial charge on any atom is 0.327 e. The Morgan fingerprint density at radius 3 is 2.71 bits per heavy atom. The molecule has 0 aliphatic carbocycles. The molecule has 5 nitrogen and oxygen atoms in total. The van der Waals surface area contributed by atoms with Crippen LogP contribution in [0.1, 0.15) is 6.42 Å². The molecule has 2 aliphatic heterocycles. The molecular weight excluding hydrogens is 250 g/mol. The minimum absolute atomic E-state index is 0.142. The lowest BCUT2D eigenvalue weighted by atomic mass is 10.0. The fourth-order valence-corrected chi connectivity index (χ4v) is 2.40. The fourth-order valence-electron chi connectivity index (χ4n) is 1.84. The van der Waals surface area contributed by atoms with Crippen LogP contribution >= 0.6 is 15.9 Å². The smallest absolute Gasteiger partial charge is 0.304 e. The van der Waals surface area contributed by atoms with Crippen LogP contribution in [0.4, 0.5) is 4.79 Å². The van der Waals surface area contributed by atoms with Crippen molar-refractivity contribution >= 4 is 32.5 Å². The molecule has 2 unspecified atom stereocenters. The molecule has 1 fully saturated rings. The highest BCUT2D eigenvalue weighted by Crippen LogP contribution is 2.31. The number of carbonyl (C=O) groups excluding carboxylic acids is 2. The monoisotopic (exact) mass is 259 g/mol. The normalized spacial score (nSPS) is 32.1. The number of hydrogen-bond donors (Lipinski definition) is 0. The van der Waals surface area contributed by atoms with Crippen LogP contribution in [-0.2, 0) is 4.79 Å². The Bertz CT molecular complexity index is 341. The van der Waals surface area contributed by atoms with E-state index < -0.39 is 0 Å². The lowest BCUT2D eigenvalue weighted by Crippen LogP contribution is -2.57. The zero-order valence-corrected chi connectivity index (χ0v) is 9.48. The molecule has 0 bridgehead atoms.